The Balaban J connectivity index is 1.36. The minimum atomic E-state index is -0.424. The number of benzene rings is 3. The monoisotopic (exact) mass is 425 g/mol. The second-order valence-electron chi connectivity index (χ2n) is 7.49. The Kier molecular flexibility index (Phi) is 4.67. The number of nitrogens with one attached hydrogen (secondary N) is 2. The van der Waals surface area contributed by atoms with Gasteiger partial charge in [-0.3, -0.25) is 19.5 Å². The highest BCUT2D eigenvalue weighted by molar-refractivity contribution is 5.91. The third kappa shape index (κ3) is 3.37. The summed E-state index contributed by atoms with van der Waals surface area (Å²) < 4.78 is 3.04. The Hall–Kier alpha value is -4.46. The predicted molar refractivity (Wildman–Crippen MR) is 124 cm³/mol. The average Bonchev–Trinajstić information content (AvgIpc) is 3.14. The fraction of sp³-hybridized carbons (Fsp3) is 0.0833. The molecule has 5 rings (SSSR count). The highest BCUT2D eigenvalue weighted by Crippen LogP contribution is 2.24. The van der Waals surface area contributed by atoms with Gasteiger partial charge in [-0.2, -0.15) is 0 Å². The zero-order valence-electron chi connectivity index (χ0n) is 17.2. The molecule has 32 heavy (non-hydrogen) atoms. The molecule has 8 nitrogen and oxygen atoms in total. The molecule has 0 aliphatic carbocycles. The fourth-order valence-electron chi connectivity index (χ4n) is 3.81. The van der Waals surface area contributed by atoms with Crippen LogP contribution in [0.15, 0.2) is 82.4 Å². The Labute approximate surface area is 181 Å². The summed E-state index contributed by atoms with van der Waals surface area (Å²) >= 11 is 0. The molecular formula is C24H19N5O3. The summed E-state index contributed by atoms with van der Waals surface area (Å²) in [5.41, 5.74) is 2.60. The van der Waals surface area contributed by atoms with Crippen LogP contribution in [0.5, 0.6) is 0 Å². The van der Waals surface area contributed by atoms with E-state index in [1.54, 1.807) is 36.4 Å². The Morgan fingerprint density at radius 2 is 1.62 bits per heavy atom. The van der Waals surface area contributed by atoms with E-state index in [4.69, 9.17) is 0 Å². The maximum Gasteiger partial charge on any atom is 0.273 e. The summed E-state index contributed by atoms with van der Waals surface area (Å²) in [6.45, 7) is -0.300. The molecule has 0 saturated heterocycles. The average molecular weight is 425 g/mol. The zero-order chi connectivity index (χ0) is 22.2. The van der Waals surface area contributed by atoms with Gasteiger partial charge in [0.05, 0.1) is 21.8 Å². The number of rotatable bonds is 4. The fourth-order valence-corrected chi connectivity index (χ4v) is 3.81. The van der Waals surface area contributed by atoms with E-state index in [1.165, 1.54) is 0 Å². The number of amides is 1. The predicted octanol–water partition coefficient (Wildman–Crippen LogP) is 2.88. The van der Waals surface area contributed by atoms with Crippen LogP contribution < -0.4 is 16.4 Å². The number of H-pyrrole nitrogens is 1. The number of carbonyl (C=O) groups is 1. The second-order valence-corrected chi connectivity index (χ2v) is 7.49. The molecule has 0 saturated carbocycles. The largest absolute Gasteiger partial charge is 0.327 e. The van der Waals surface area contributed by atoms with Crippen molar-refractivity contribution in [2.75, 3.05) is 5.32 Å². The van der Waals surface area contributed by atoms with Gasteiger partial charge in [0.15, 0.2) is 0 Å². The zero-order valence-corrected chi connectivity index (χ0v) is 17.2. The molecular weight excluding hydrogens is 406 g/mol. The number of aryl methyl sites for hydroxylation is 1. The lowest BCUT2D eigenvalue weighted by molar-refractivity contribution is -0.117. The first-order chi connectivity index (χ1) is 15.5. The van der Waals surface area contributed by atoms with Crippen LogP contribution in [0, 0.1) is 0 Å². The van der Waals surface area contributed by atoms with Crippen molar-refractivity contribution in [2.45, 2.75) is 6.54 Å². The molecule has 2 N–H and O–H groups in total. The highest BCUT2D eigenvalue weighted by atomic mass is 16.2. The summed E-state index contributed by atoms with van der Waals surface area (Å²) in [4.78, 5) is 42.0. The van der Waals surface area contributed by atoms with E-state index in [1.807, 2.05) is 48.0 Å². The number of fused-ring (bicyclic) bond motifs is 2. The van der Waals surface area contributed by atoms with E-state index in [9.17, 15) is 14.4 Å². The van der Waals surface area contributed by atoms with Crippen LogP contribution in [-0.4, -0.2) is 25.2 Å². The third-order valence-electron chi connectivity index (χ3n) is 5.40. The van der Waals surface area contributed by atoms with Crippen molar-refractivity contribution < 1.29 is 4.79 Å². The first kappa shape index (κ1) is 19.5. The maximum absolute atomic E-state index is 12.6. The number of nitrogens with zero attached hydrogens (tertiary/aromatic N) is 3. The van der Waals surface area contributed by atoms with Crippen molar-refractivity contribution in [1.82, 2.24) is 19.3 Å². The maximum atomic E-state index is 12.6. The molecule has 0 unspecified atom stereocenters. The number of carbonyl (C=O) groups excluding carboxylic acids is 1. The van der Waals surface area contributed by atoms with E-state index in [0.29, 0.717) is 11.1 Å². The van der Waals surface area contributed by atoms with Crippen LogP contribution in [-0.2, 0) is 18.4 Å². The lowest BCUT2D eigenvalue weighted by Crippen LogP contribution is -2.34. The molecule has 0 aliphatic rings. The van der Waals surface area contributed by atoms with Crippen molar-refractivity contribution in [3.05, 3.63) is 93.5 Å². The molecule has 0 fully saturated rings. The van der Waals surface area contributed by atoms with Gasteiger partial charge < -0.3 is 9.88 Å². The van der Waals surface area contributed by atoms with Crippen molar-refractivity contribution in [2.24, 2.45) is 7.05 Å². The van der Waals surface area contributed by atoms with E-state index in [2.05, 4.69) is 15.4 Å². The van der Waals surface area contributed by atoms with Crippen LogP contribution in [0.4, 0.5) is 5.69 Å². The molecule has 1 amide bonds. The minimum absolute atomic E-state index is 0.274. The van der Waals surface area contributed by atoms with Gasteiger partial charge in [0, 0.05) is 18.3 Å². The van der Waals surface area contributed by atoms with E-state index in [-0.39, 0.29) is 11.9 Å². The second kappa shape index (κ2) is 7.66. The van der Waals surface area contributed by atoms with E-state index >= 15 is 0 Å². The van der Waals surface area contributed by atoms with Crippen LogP contribution in [0.2, 0.25) is 0 Å². The van der Waals surface area contributed by atoms with Crippen molar-refractivity contribution in [3.63, 3.8) is 0 Å². The van der Waals surface area contributed by atoms with Crippen LogP contribution in [0.3, 0.4) is 0 Å². The standard InChI is InChI=1S/C24H19N5O3/c1-28-20-9-5-4-8-19(20)26-22(28)15-10-12-16(13-11-15)25-21(30)14-29-24(32)18-7-3-2-6-17(18)23(31)27-29/h2-13H,14H2,1H3,(H,25,30)(H,27,31). The van der Waals surface area contributed by atoms with Gasteiger partial charge in [0.1, 0.15) is 12.4 Å². The Morgan fingerprint density at radius 1 is 0.938 bits per heavy atom. The number of hydrogen-bond acceptors (Lipinski definition) is 4. The summed E-state index contributed by atoms with van der Waals surface area (Å²) in [5, 5.41) is 5.79. The molecule has 5 aromatic rings. The number of anilines is 1. The van der Waals surface area contributed by atoms with Crippen molar-refractivity contribution in [3.8, 4) is 11.4 Å². The molecule has 8 heteroatoms. The molecule has 3 aromatic carbocycles. The lowest BCUT2D eigenvalue weighted by atomic mass is 10.2. The van der Waals surface area contributed by atoms with Crippen LogP contribution in [0.25, 0.3) is 33.2 Å². The van der Waals surface area contributed by atoms with Gasteiger partial charge >= 0.3 is 0 Å². The smallest absolute Gasteiger partial charge is 0.273 e. The van der Waals surface area contributed by atoms with Gasteiger partial charge in [-0.15, -0.1) is 0 Å². The molecule has 0 bridgehead atoms. The Morgan fingerprint density at radius 3 is 2.38 bits per heavy atom. The first-order valence-corrected chi connectivity index (χ1v) is 10.0. The molecule has 0 spiro atoms. The first-order valence-electron chi connectivity index (χ1n) is 10.0. The van der Waals surface area contributed by atoms with Gasteiger partial charge in [0.2, 0.25) is 5.91 Å². The summed E-state index contributed by atoms with van der Waals surface area (Å²) in [7, 11) is 1.96. The quantitative estimate of drug-likeness (QED) is 0.462. The topological polar surface area (TPSA) is 102 Å². The Bertz CT molecular complexity index is 1590. The molecule has 0 radical (unpaired) electrons. The van der Waals surface area contributed by atoms with Crippen LogP contribution in [0.1, 0.15) is 0 Å². The molecule has 2 heterocycles. The van der Waals surface area contributed by atoms with E-state index in [0.717, 1.165) is 27.1 Å². The molecule has 0 aliphatic heterocycles. The molecule has 0 atom stereocenters. The molecule has 158 valence electrons. The van der Waals surface area contributed by atoms with E-state index < -0.39 is 17.0 Å². The van der Waals surface area contributed by atoms with Gasteiger partial charge in [0.25, 0.3) is 11.1 Å². The third-order valence-corrected chi connectivity index (χ3v) is 5.40. The number of imidazole rings is 1. The summed E-state index contributed by atoms with van der Waals surface area (Å²) in [6.07, 6.45) is 0. The summed E-state index contributed by atoms with van der Waals surface area (Å²) in [6, 6.07) is 21.7. The van der Waals surface area contributed by atoms with Gasteiger partial charge in [-0.1, -0.05) is 24.3 Å². The lowest BCUT2D eigenvalue weighted by Gasteiger charge is -2.09. The van der Waals surface area contributed by atoms with Crippen molar-refractivity contribution >= 4 is 33.4 Å². The minimum Gasteiger partial charge on any atom is -0.327 e. The molecule has 2 aromatic heterocycles. The number of aromatic amines is 1. The SMILES string of the molecule is Cn1c(-c2ccc(NC(=O)Cn3[nH]c(=O)c4ccccc4c3=O)cc2)nc2ccccc21. The van der Waals surface area contributed by atoms with Gasteiger partial charge in [-0.05, 0) is 48.5 Å². The highest BCUT2D eigenvalue weighted by Gasteiger charge is 2.12. The number of hydrogen-bond donors (Lipinski definition) is 2. The van der Waals surface area contributed by atoms with Crippen LogP contribution >= 0.6 is 0 Å². The summed E-state index contributed by atoms with van der Waals surface area (Å²) in [5.74, 6) is 0.401. The van der Waals surface area contributed by atoms with Crippen molar-refractivity contribution in [1.29, 1.82) is 0 Å². The normalized spacial score (nSPS) is 11.2. The number of aromatic nitrogens is 4. The van der Waals surface area contributed by atoms with Gasteiger partial charge in [-0.25, -0.2) is 9.67 Å². The number of para-hydroxylation sites is 2.